The second kappa shape index (κ2) is 10.5. The molecular weight excluding hydrogens is 416 g/mol. The third kappa shape index (κ3) is 5.35. The molecule has 0 aromatic heterocycles. The minimum absolute atomic E-state index is 0.0317. The molecule has 2 aromatic carbocycles. The number of para-hydroxylation sites is 2. The second-order valence-electron chi connectivity index (χ2n) is 8.74. The fourth-order valence-corrected chi connectivity index (χ4v) is 4.50. The molecule has 3 amide bonds. The Morgan fingerprint density at radius 2 is 1.67 bits per heavy atom. The Labute approximate surface area is 195 Å². The summed E-state index contributed by atoms with van der Waals surface area (Å²) in [7, 11) is 0. The number of benzene rings is 2. The Kier molecular flexibility index (Phi) is 7.27. The molecule has 174 valence electrons. The van der Waals surface area contributed by atoms with Crippen LogP contribution in [0.2, 0.25) is 0 Å². The van der Waals surface area contributed by atoms with E-state index in [1.54, 1.807) is 17.0 Å². The van der Waals surface area contributed by atoms with Crippen LogP contribution in [0.5, 0.6) is 0 Å². The summed E-state index contributed by atoms with van der Waals surface area (Å²) in [6, 6.07) is 17.4. The number of rotatable bonds is 7. The molecule has 0 unspecified atom stereocenters. The fourth-order valence-electron chi connectivity index (χ4n) is 4.50. The van der Waals surface area contributed by atoms with Gasteiger partial charge in [0, 0.05) is 51.4 Å². The lowest BCUT2D eigenvalue weighted by atomic mass is 10.1. The van der Waals surface area contributed by atoms with Crippen molar-refractivity contribution in [1.29, 1.82) is 0 Å². The maximum atomic E-state index is 13.3. The monoisotopic (exact) mass is 448 g/mol. The third-order valence-corrected chi connectivity index (χ3v) is 6.47. The van der Waals surface area contributed by atoms with Crippen LogP contribution in [0.15, 0.2) is 54.6 Å². The lowest BCUT2D eigenvalue weighted by Crippen LogP contribution is -2.49. The number of carbonyl (C=O) groups is 3. The topological polar surface area (TPSA) is 73.0 Å². The summed E-state index contributed by atoms with van der Waals surface area (Å²) in [5, 5.41) is 2.93. The molecule has 2 aromatic rings. The summed E-state index contributed by atoms with van der Waals surface area (Å²) in [4.78, 5) is 44.3. The van der Waals surface area contributed by atoms with Gasteiger partial charge >= 0.3 is 0 Å². The smallest absolute Gasteiger partial charge is 0.256 e. The van der Waals surface area contributed by atoms with Gasteiger partial charge in [0.15, 0.2) is 0 Å². The highest BCUT2D eigenvalue weighted by Crippen LogP contribution is 2.24. The van der Waals surface area contributed by atoms with Crippen molar-refractivity contribution >= 4 is 29.1 Å². The molecule has 0 saturated carbocycles. The van der Waals surface area contributed by atoms with Gasteiger partial charge in [0.1, 0.15) is 0 Å². The van der Waals surface area contributed by atoms with Crippen LogP contribution in [-0.4, -0.2) is 66.8 Å². The normalized spacial score (nSPS) is 18.5. The molecule has 7 heteroatoms. The molecule has 1 N–H and O–H groups in total. The molecule has 0 spiro atoms. The van der Waals surface area contributed by atoms with E-state index >= 15 is 0 Å². The molecule has 33 heavy (non-hydrogen) atoms. The van der Waals surface area contributed by atoms with Gasteiger partial charge in [-0.1, -0.05) is 43.7 Å². The van der Waals surface area contributed by atoms with Crippen LogP contribution in [0.25, 0.3) is 0 Å². The van der Waals surface area contributed by atoms with Gasteiger partial charge in [0.2, 0.25) is 11.8 Å². The van der Waals surface area contributed by atoms with E-state index in [0.29, 0.717) is 37.4 Å². The first-order valence-electron chi connectivity index (χ1n) is 11.8. The molecule has 7 nitrogen and oxygen atoms in total. The summed E-state index contributed by atoms with van der Waals surface area (Å²) in [6.07, 6.45) is 2.18. The number of anilines is 2. The van der Waals surface area contributed by atoms with Crippen LogP contribution >= 0.6 is 0 Å². The van der Waals surface area contributed by atoms with E-state index in [1.807, 2.05) is 35.2 Å². The van der Waals surface area contributed by atoms with Gasteiger partial charge < -0.3 is 20.0 Å². The van der Waals surface area contributed by atoms with Crippen molar-refractivity contribution in [3.8, 4) is 0 Å². The van der Waals surface area contributed by atoms with Crippen molar-refractivity contribution < 1.29 is 14.4 Å². The molecule has 2 heterocycles. The average Bonchev–Trinajstić information content (AvgIpc) is 3.24. The standard InChI is InChI=1S/C26H32N4O3/c1-2-3-13-30-19-20(18-24(30)31)25(32)27-23-12-8-7-11-22(23)26(33)29-16-14-28(15-17-29)21-9-5-4-6-10-21/h4-12,20H,2-3,13-19H2,1H3,(H,27,32)/t20-/m1/s1. The first-order valence-corrected chi connectivity index (χ1v) is 11.8. The first-order chi connectivity index (χ1) is 16.1. The highest BCUT2D eigenvalue weighted by molar-refractivity contribution is 6.05. The number of carbonyl (C=O) groups excluding carboxylic acids is 3. The molecule has 0 aliphatic carbocycles. The summed E-state index contributed by atoms with van der Waals surface area (Å²) < 4.78 is 0. The van der Waals surface area contributed by atoms with Crippen LogP contribution in [0.4, 0.5) is 11.4 Å². The van der Waals surface area contributed by atoms with Crippen LogP contribution in [0.1, 0.15) is 36.5 Å². The maximum absolute atomic E-state index is 13.3. The molecule has 2 aliphatic rings. The van der Waals surface area contributed by atoms with Crippen LogP contribution < -0.4 is 10.2 Å². The summed E-state index contributed by atoms with van der Waals surface area (Å²) >= 11 is 0. The van der Waals surface area contributed by atoms with Gasteiger partial charge in [-0.3, -0.25) is 14.4 Å². The van der Waals surface area contributed by atoms with Gasteiger partial charge in [0.25, 0.3) is 5.91 Å². The summed E-state index contributed by atoms with van der Waals surface area (Å²) in [5.41, 5.74) is 2.17. The van der Waals surface area contributed by atoms with Crippen molar-refractivity contribution in [3.05, 3.63) is 60.2 Å². The zero-order chi connectivity index (χ0) is 23.2. The molecule has 2 fully saturated rings. The van der Waals surface area contributed by atoms with Crippen molar-refractivity contribution in [1.82, 2.24) is 9.80 Å². The van der Waals surface area contributed by atoms with Gasteiger partial charge in [-0.2, -0.15) is 0 Å². The maximum Gasteiger partial charge on any atom is 0.256 e. The number of hydrogen-bond acceptors (Lipinski definition) is 4. The number of amides is 3. The number of unbranched alkanes of at least 4 members (excludes halogenated alkanes) is 1. The Hall–Kier alpha value is -3.35. The predicted octanol–water partition coefficient (Wildman–Crippen LogP) is 3.24. The number of hydrogen-bond donors (Lipinski definition) is 1. The van der Waals surface area contributed by atoms with E-state index in [0.717, 1.165) is 31.6 Å². The van der Waals surface area contributed by atoms with Crippen LogP contribution in [0, 0.1) is 5.92 Å². The van der Waals surface area contributed by atoms with Gasteiger partial charge in [0.05, 0.1) is 17.2 Å². The Morgan fingerprint density at radius 1 is 0.970 bits per heavy atom. The largest absolute Gasteiger partial charge is 0.368 e. The van der Waals surface area contributed by atoms with Crippen molar-refractivity contribution in [2.75, 3.05) is 49.5 Å². The zero-order valence-corrected chi connectivity index (χ0v) is 19.2. The third-order valence-electron chi connectivity index (χ3n) is 6.47. The lowest BCUT2D eigenvalue weighted by Gasteiger charge is -2.36. The van der Waals surface area contributed by atoms with Gasteiger partial charge in [-0.25, -0.2) is 0 Å². The second-order valence-corrected chi connectivity index (χ2v) is 8.74. The number of likely N-dealkylation sites (tertiary alicyclic amines) is 1. The molecule has 4 rings (SSSR count). The molecular formula is C26H32N4O3. The Bertz CT molecular complexity index is 986. The summed E-state index contributed by atoms with van der Waals surface area (Å²) in [5.74, 6) is -0.627. The number of nitrogens with zero attached hydrogens (tertiary/aromatic N) is 3. The summed E-state index contributed by atoms with van der Waals surface area (Å²) in [6.45, 7) is 6.01. The first kappa shape index (κ1) is 22.8. The SMILES string of the molecule is CCCCN1C[C@H](C(=O)Nc2ccccc2C(=O)N2CCN(c3ccccc3)CC2)CC1=O. The van der Waals surface area contributed by atoms with Gasteiger partial charge in [-0.15, -0.1) is 0 Å². The molecule has 2 aliphatic heterocycles. The fraction of sp³-hybridized carbons (Fsp3) is 0.423. The van der Waals surface area contributed by atoms with E-state index in [4.69, 9.17) is 0 Å². The quantitative estimate of drug-likeness (QED) is 0.706. The lowest BCUT2D eigenvalue weighted by molar-refractivity contribution is -0.128. The number of nitrogens with one attached hydrogen (secondary N) is 1. The number of piperazine rings is 1. The van der Waals surface area contributed by atoms with Crippen LogP contribution in [-0.2, 0) is 9.59 Å². The minimum Gasteiger partial charge on any atom is -0.368 e. The van der Waals surface area contributed by atoms with E-state index in [-0.39, 0.29) is 30.1 Å². The predicted molar refractivity (Wildman–Crippen MR) is 129 cm³/mol. The van der Waals surface area contributed by atoms with Crippen molar-refractivity contribution in [2.24, 2.45) is 5.92 Å². The Balaban J connectivity index is 1.38. The molecule has 0 bridgehead atoms. The van der Waals surface area contributed by atoms with E-state index < -0.39 is 0 Å². The van der Waals surface area contributed by atoms with Gasteiger partial charge in [-0.05, 0) is 30.7 Å². The van der Waals surface area contributed by atoms with E-state index in [1.165, 1.54) is 0 Å². The van der Waals surface area contributed by atoms with Crippen molar-refractivity contribution in [2.45, 2.75) is 26.2 Å². The molecule has 2 saturated heterocycles. The van der Waals surface area contributed by atoms with E-state index in [9.17, 15) is 14.4 Å². The minimum atomic E-state index is -0.382. The van der Waals surface area contributed by atoms with Crippen LogP contribution in [0.3, 0.4) is 0 Å². The highest BCUT2D eigenvalue weighted by Gasteiger charge is 2.34. The average molecular weight is 449 g/mol. The zero-order valence-electron chi connectivity index (χ0n) is 19.2. The van der Waals surface area contributed by atoms with E-state index in [2.05, 4.69) is 29.3 Å². The Morgan fingerprint density at radius 3 is 2.39 bits per heavy atom. The highest BCUT2D eigenvalue weighted by atomic mass is 16.2. The molecule has 1 atom stereocenters. The molecule has 0 radical (unpaired) electrons. The van der Waals surface area contributed by atoms with Crippen molar-refractivity contribution in [3.63, 3.8) is 0 Å².